The SMILES string of the molecule is c1ccc(-c2ccc(N(c3ccc(-c4ccc5c(c4)c4ccccc4n5-c4ccccc4)cc3)c3cc(-c4ccccc4)ccc3-c3ccccc3)cc2)cc1. The van der Waals surface area contributed by atoms with Gasteiger partial charge in [0.2, 0.25) is 0 Å². The van der Waals surface area contributed by atoms with Crippen LogP contribution in [0.5, 0.6) is 0 Å². The lowest BCUT2D eigenvalue weighted by Crippen LogP contribution is -2.11. The van der Waals surface area contributed by atoms with E-state index in [2.05, 4.69) is 240 Å². The molecule has 10 rings (SSSR count). The van der Waals surface area contributed by atoms with Gasteiger partial charge in [0.15, 0.2) is 0 Å². The maximum atomic E-state index is 2.41. The van der Waals surface area contributed by atoms with Gasteiger partial charge in [0.1, 0.15) is 0 Å². The molecule has 0 aliphatic rings. The third-order valence-electron chi connectivity index (χ3n) is 10.8. The summed E-state index contributed by atoms with van der Waals surface area (Å²) in [5.74, 6) is 0. The molecule has 1 heterocycles. The number of fused-ring (bicyclic) bond motifs is 3. The molecule has 10 aromatic rings. The maximum Gasteiger partial charge on any atom is 0.0546 e. The summed E-state index contributed by atoms with van der Waals surface area (Å²) < 4.78 is 2.37. The van der Waals surface area contributed by atoms with E-state index in [-0.39, 0.29) is 0 Å². The normalized spacial score (nSPS) is 11.2. The van der Waals surface area contributed by atoms with Crippen LogP contribution in [0, 0.1) is 0 Å². The van der Waals surface area contributed by atoms with E-state index in [0.29, 0.717) is 0 Å². The lowest BCUT2D eigenvalue weighted by molar-refractivity contribution is 1.18. The zero-order valence-corrected chi connectivity index (χ0v) is 30.8. The highest BCUT2D eigenvalue weighted by Gasteiger charge is 2.20. The molecule has 0 unspecified atom stereocenters. The first-order chi connectivity index (χ1) is 27.8. The number of anilines is 3. The largest absolute Gasteiger partial charge is 0.310 e. The van der Waals surface area contributed by atoms with Gasteiger partial charge in [0.05, 0.1) is 16.7 Å². The first kappa shape index (κ1) is 33.2. The highest BCUT2D eigenvalue weighted by molar-refractivity contribution is 6.10. The standard InChI is InChI=1S/C54H38N2/c1-5-15-39(16-6-1)41-25-31-47(32-26-41)55(54-38-45(40-17-7-2-8-18-40)29-35-49(54)43-19-9-3-10-20-43)48-33-27-42(28-34-48)44-30-36-53-51(37-44)50-23-13-14-24-52(50)56(53)46-21-11-4-12-22-46/h1-38H. The second-order valence-electron chi connectivity index (χ2n) is 14.2. The van der Waals surface area contributed by atoms with Gasteiger partial charge in [-0.1, -0.05) is 170 Å². The Morgan fingerprint density at radius 1 is 0.286 bits per heavy atom. The lowest BCUT2D eigenvalue weighted by atomic mass is 9.96. The molecule has 0 aliphatic carbocycles. The quantitative estimate of drug-likeness (QED) is 0.152. The minimum atomic E-state index is 1.09. The van der Waals surface area contributed by atoms with Crippen LogP contribution in [-0.4, -0.2) is 4.57 Å². The van der Waals surface area contributed by atoms with Crippen molar-refractivity contribution in [1.29, 1.82) is 0 Å². The topological polar surface area (TPSA) is 8.17 Å². The summed E-state index contributed by atoms with van der Waals surface area (Å²) in [5.41, 5.74) is 16.3. The Bertz CT molecular complexity index is 2910. The molecule has 1 aromatic heterocycles. The van der Waals surface area contributed by atoms with E-state index in [9.17, 15) is 0 Å². The molecule has 0 amide bonds. The minimum absolute atomic E-state index is 1.09. The molecule has 0 aliphatic heterocycles. The molecular formula is C54H38N2. The van der Waals surface area contributed by atoms with E-state index in [4.69, 9.17) is 0 Å². The summed E-state index contributed by atoms with van der Waals surface area (Å²) in [7, 11) is 0. The summed E-state index contributed by atoms with van der Waals surface area (Å²) in [5, 5.41) is 2.50. The van der Waals surface area contributed by atoms with Crippen LogP contribution in [0.1, 0.15) is 0 Å². The molecule has 0 spiro atoms. The highest BCUT2D eigenvalue weighted by Crippen LogP contribution is 2.44. The first-order valence-electron chi connectivity index (χ1n) is 19.2. The summed E-state index contributed by atoms with van der Waals surface area (Å²) in [6.45, 7) is 0. The minimum Gasteiger partial charge on any atom is -0.310 e. The van der Waals surface area contributed by atoms with Gasteiger partial charge >= 0.3 is 0 Å². The molecule has 2 heteroatoms. The molecule has 0 fully saturated rings. The number of hydrogen-bond donors (Lipinski definition) is 0. The fourth-order valence-corrected chi connectivity index (χ4v) is 8.06. The molecular weight excluding hydrogens is 677 g/mol. The third kappa shape index (κ3) is 6.14. The average Bonchev–Trinajstić information content (AvgIpc) is 3.62. The zero-order valence-electron chi connectivity index (χ0n) is 30.8. The highest BCUT2D eigenvalue weighted by atomic mass is 15.1. The fraction of sp³-hybridized carbons (Fsp3) is 0. The van der Waals surface area contributed by atoms with Gasteiger partial charge in [-0.05, 0) is 99.6 Å². The van der Waals surface area contributed by atoms with Crippen molar-refractivity contribution in [1.82, 2.24) is 4.57 Å². The van der Waals surface area contributed by atoms with Gasteiger partial charge in [0.25, 0.3) is 0 Å². The molecule has 0 radical (unpaired) electrons. The van der Waals surface area contributed by atoms with Crippen LogP contribution in [0.15, 0.2) is 231 Å². The van der Waals surface area contributed by atoms with E-state index in [1.807, 2.05) is 0 Å². The molecule has 0 saturated carbocycles. The number of para-hydroxylation sites is 2. The summed E-state index contributed by atoms with van der Waals surface area (Å²) in [4.78, 5) is 2.41. The number of rotatable bonds is 8. The predicted octanol–water partition coefficient (Wildman–Crippen LogP) is 14.9. The maximum absolute atomic E-state index is 2.41. The van der Waals surface area contributed by atoms with Crippen LogP contribution in [0.4, 0.5) is 17.1 Å². The smallest absolute Gasteiger partial charge is 0.0546 e. The van der Waals surface area contributed by atoms with Crippen LogP contribution in [-0.2, 0) is 0 Å². The van der Waals surface area contributed by atoms with Crippen molar-refractivity contribution >= 4 is 38.9 Å². The van der Waals surface area contributed by atoms with Gasteiger partial charge in [-0.25, -0.2) is 0 Å². The van der Waals surface area contributed by atoms with Crippen molar-refractivity contribution in [3.8, 4) is 50.2 Å². The second-order valence-corrected chi connectivity index (χ2v) is 14.2. The number of aromatic nitrogens is 1. The van der Waals surface area contributed by atoms with Gasteiger partial charge in [-0.15, -0.1) is 0 Å². The Kier molecular flexibility index (Phi) is 8.55. The molecule has 0 N–H and O–H groups in total. The van der Waals surface area contributed by atoms with Crippen molar-refractivity contribution in [2.45, 2.75) is 0 Å². The Balaban J connectivity index is 1.11. The van der Waals surface area contributed by atoms with Gasteiger partial charge < -0.3 is 9.47 Å². The predicted molar refractivity (Wildman–Crippen MR) is 237 cm³/mol. The van der Waals surface area contributed by atoms with Crippen LogP contribution in [0.3, 0.4) is 0 Å². The Labute approximate surface area is 327 Å². The molecule has 0 atom stereocenters. The van der Waals surface area contributed by atoms with Crippen molar-refractivity contribution in [2.75, 3.05) is 4.90 Å². The monoisotopic (exact) mass is 714 g/mol. The van der Waals surface area contributed by atoms with E-state index in [1.54, 1.807) is 0 Å². The van der Waals surface area contributed by atoms with E-state index in [1.165, 1.54) is 72.0 Å². The van der Waals surface area contributed by atoms with Crippen LogP contribution in [0.2, 0.25) is 0 Å². The molecule has 264 valence electrons. The number of hydrogen-bond acceptors (Lipinski definition) is 1. The van der Waals surface area contributed by atoms with E-state index >= 15 is 0 Å². The molecule has 2 nitrogen and oxygen atoms in total. The summed E-state index contributed by atoms with van der Waals surface area (Å²) >= 11 is 0. The fourth-order valence-electron chi connectivity index (χ4n) is 8.06. The summed E-state index contributed by atoms with van der Waals surface area (Å²) in [6.07, 6.45) is 0. The van der Waals surface area contributed by atoms with Gasteiger partial charge in [0, 0.05) is 33.4 Å². The Morgan fingerprint density at radius 2 is 0.714 bits per heavy atom. The first-order valence-corrected chi connectivity index (χ1v) is 19.2. The second kappa shape index (κ2) is 14.4. The van der Waals surface area contributed by atoms with Crippen molar-refractivity contribution < 1.29 is 0 Å². The average molecular weight is 715 g/mol. The third-order valence-corrected chi connectivity index (χ3v) is 10.8. The summed E-state index contributed by atoms with van der Waals surface area (Å²) in [6, 6.07) is 83.1. The van der Waals surface area contributed by atoms with Gasteiger partial charge in [-0.2, -0.15) is 0 Å². The van der Waals surface area contributed by atoms with Crippen molar-refractivity contribution in [2.24, 2.45) is 0 Å². The van der Waals surface area contributed by atoms with Crippen LogP contribution >= 0.6 is 0 Å². The molecule has 56 heavy (non-hydrogen) atoms. The molecule has 0 saturated heterocycles. The van der Waals surface area contributed by atoms with Crippen LogP contribution < -0.4 is 4.90 Å². The zero-order chi connectivity index (χ0) is 37.3. The Morgan fingerprint density at radius 3 is 1.34 bits per heavy atom. The molecule has 0 bridgehead atoms. The van der Waals surface area contributed by atoms with Crippen molar-refractivity contribution in [3.63, 3.8) is 0 Å². The number of benzene rings is 9. The van der Waals surface area contributed by atoms with Gasteiger partial charge in [-0.3, -0.25) is 0 Å². The Hall–Kier alpha value is -7.42. The number of nitrogens with zero attached hydrogens (tertiary/aromatic N) is 2. The van der Waals surface area contributed by atoms with E-state index in [0.717, 1.165) is 17.1 Å². The molecule has 9 aromatic carbocycles. The van der Waals surface area contributed by atoms with Crippen LogP contribution in [0.25, 0.3) is 72.0 Å². The lowest BCUT2D eigenvalue weighted by Gasteiger charge is -2.29. The van der Waals surface area contributed by atoms with Crippen molar-refractivity contribution in [3.05, 3.63) is 231 Å². The van der Waals surface area contributed by atoms with E-state index < -0.39 is 0 Å².